The fourth-order valence-electron chi connectivity index (χ4n) is 1.38. The van der Waals surface area contributed by atoms with E-state index in [1.165, 1.54) is 0 Å². The minimum Gasteiger partial charge on any atom is -0.496 e. The number of ether oxygens (including phenoxy) is 1. The maximum absolute atomic E-state index is 5.21. The highest BCUT2D eigenvalue weighted by atomic mass is 32.1. The van der Waals surface area contributed by atoms with Crippen LogP contribution in [-0.2, 0) is 4.74 Å². The molecule has 2 rings (SSSR count). The van der Waals surface area contributed by atoms with Crippen molar-refractivity contribution in [3.63, 3.8) is 0 Å². The highest BCUT2D eigenvalue weighted by molar-refractivity contribution is 7.71. The van der Waals surface area contributed by atoms with Gasteiger partial charge >= 0.3 is 0 Å². The van der Waals surface area contributed by atoms with E-state index in [0.29, 0.717) is 5.89 Å². The lowest BCUT2D eigenvalue weighted by Crippen LogP contribution is -1.97. The van der Waals surface area contributed by atoms with E-state index >= 15 is 0 Å². The van der Waals surface area contributed by atoms with Crippen molar-refractivity contribution >= 4 is 17.8 Å². The Hall–Kier alpha value is -1.36. The average Bonchev–Trinajstić information content (AvgIpc) is 2.65. The Bertz CT molecular complexity index is 442. The van der Waals surface area contributed by atoms with Crippen LogP contribution in [0.5, 0.6) is 0 Å². The van der Waals surface area contributed by atoms with Gasteiger partial charge in [0.05, 0.1) is 12.7 Å². The number of aromatic nitrogens is 2. The molecule has 1 aromatic heterocycles. The summed E-state index contributed by atoms with van der Waals surface area (Å²) in [6.45, 7) is 0. The summed E-state index contributed by atoms with van der Waals surface area (Å²) in [5, 5.41) is 6.54. The first-order chi connectivity index (χ1) is 6.81. The zero-order chi connectivity index (χ0) is 9.97. The van der Waals surface area contributed by atoms with Crippen molar-refractivity contribution in [2.45, 2.75) is 12.8 Å². The van der Waals surface area contributed by atoms with E-state index in [-0.39, 0.29) is 4.84 Å². The van der Waals surface area contributed by atoms with Gasteiger partial charge in [0.2, 0.25) is 5.89 Å². The minimum absolute atomic E-state index is 0.280. The molecule has 0 unspecified atom stereocenters. The molecule has 0 saturated heterocycles. The molecule has 0 aromatic carbocycles. The fourth-order valence-corrected chi connectivity index (χ4v) is 1.51. The number of allylic oxidation sites excluding steroid dienone is 3. The molecule has 5 heteroatoms. The molecule has 0 saturated carbocycles. The predicted octanol–water partition coefficient (Wildman–Crippen LogP) is 2.44. The van der Waals surface area contributed by atoms with E-state index in [9.17, 15) is 0 Å². The number of H-pyrrole nitrogens is 1. The smallest absolute Gasteiger partial charge is 0.284 e. The van der Waals surface area contributed by atoms with Crippen molar-refractivity contribution in [1.29, 1.82) is 0 Å². The summed E-state index contributed by atoms with van der Waals surface area (Å²) in [6.07, 6.45) is 6.00. The van der Waals surface area contributed by atoms with Gasteiger partial charge in [-0.1, -0.05) is 6.08 Å². The van der Waals surface area contributed by atoms with Gasteiger partial charge in [0, 0.05) is 0 Å². The van der Waals surface area contributed by atoms with Crippen LogP contribution < -0.4 is 0 Å². The summed E-state index contributed by atoms with van der Waals surface area (Å²) in [4.78, 5) is 0.280. The highest BCUT2D eigenvalue weighted by Crippen LogP contribution is 2.26. The minimum atomic E-state index is 0.280. The van der Waals surface area contributed by atoms with Crippen LogP contribution in [0.15, 0.2) is 22.3 Å². The van der Waals surface area contributed by atoms with Gasteiger partial charge in [-0.2, -0.15) is 0 Å². The second-order valence-corrected chi connectivity index (χ2v) is 3.26. The molecule has 0 radical (unpaired) electrons. The summed E-state index contributed by atoms with van der Waals surface area (Å²) in [5.74, 6) is 1.28. The highest BCUT2D eigenvalue weighted by Gasteiger charge is 2.15. The van der Waals surface area contributed by atoms with Crippen LogP contribution in [0.4, 0.5) is 0 Å². The van der Waals surface area contributed by atoms with E-state index in [1.807, 2.05) is 12.2 Å². The molecule has 0 bridgehead atoms. The van der Waals surface area contributed by atoms with E-state index in [4.69, 9.17) is 21.4 Å². The van der Waals surface area contributed by atoms with Gasteiger partial charge in [0.15, 0.2) is 0 Å². The van der Waals surface area contributed by atoms with Gasteiger partial charge in [0.1, 0.15) is 5.76 Å². The van der Waals surface area contributed by atoms with E-state index < -0.39 is 0 Å². The maximum atomic E-state index is 5.21. The predicted molar refractivity (Wildman–Crippen MR) is 54.0 cm³/mol. The van der Waals surface area contributed by atoms with Crippen LogP contribution in [-0.4, -0.2) is 17.3 Å². The van der Waals surface area contributed by atoms with Crippen LogP contribution in [0.2, 0.25) is 0 Å². The standard InChI is InChI=1S/C9H10N2O2S/c1-12-7-5-3-2-4-6(7)8-10-11-9(14)13-8/h4-5H,2-3H2,1H3,(H,11,14). The number of methoxy groups -OCH3 is 1. The molecular weight excluding hydrogens is 200 g/mol. The molecule has 1 aliphatic carbocycles. The lowest BCUT2D eigenvalue weighted by Gasteiger charge is -2.11. The Morgan fingerprint density at radius 1 is 1.50 bits per heavy atom. The van der Waals surface area contributed by atoms with Crippen molar-refractivity contribution in [3.8, 4) is 0 Å². The molecule has 4 nitrogen and oxygen atoms in total. The summed E-state index contributed by atoms with van der Waals surface area (Å²) in [5.41, 5.74) is 0.867. The molecular formula is C9H10N2O2S. The lowest BCUT2D eigenvalue weighted by molar-refractivity contribution is 0.305. The summed E-state index contributed by atoms with van der Waals surface area (Å²) < 4.78 is 10.4. The third kappa shape index (κ3) is 1.63. The SMILES string of the molecule is COC1=CCCC=C1c1n[nH]c(=S)o1. The van der Waals surface area contributed by atoms with Crippen molar-refractivity contribution in [1.82, 2.24) is 10.2 Å². The van der Waals surface area contributed by atoms with Crippen LogP contribution in [0, 0.1) is 4.84 Å². The van der Waals surface area contributed by atoms with Gasteiger partial charge in [-0.25, -0.2) is 5.10 Å². The Morgan fingerprint density at radius 3 is 2.93 bits per heavy atom. The molecule has 0 fully saturated rings. The van der Waals surface area contributed by atoms with Crippen molar-refractivity contribution in [2.24, 2.45) is 0 Å². The van der Waals surface area contributed by atoms with Gasteiger partial charge in [0.25, 0.3) is 4.84 Å². The molecule has 0 spiro atoms. The number of hydrogen-bond donors (Lipinski definition) is 1. The Kier molecular flexibility index (Phi) is 2.49. The number of aromatic amines is 1. The zero-order valence-electron chi connectivity index (χ0n) is 7.74. The molecule has 1 aromatic rings. The first kappa shape index (κ1) is 9.21. The summed E-state index contributed by atoms with van der Waals surface area (Å²) in [6, 6.07) is 0. The lowest BCUT2D eigenvalue weighted by atomic mass is 10.1. The Labute approximate surface area is 86.3 Å². The number of nitrogens with zero attached hydrogens (tertiary/aromatic N) is 1. The van der Waals surface area contributed by atoms with E-state index in [1.54, 1.807) is 7.11 Å². The van der Waals surface area contributed by atoms with Crippen LogP contribution in [0.1, 0.15) is 18.7 Å². The van der Waals surface area contributed by atoms with Crippen molar-refractivity contribution in [2.75, 3.05) is 7.11 Å². The Morgan fingerprint density at radius 2 is 2.29 bits per heavy atom. The van der Waals surface area contributed by atoms with E-state index in [2.05, 4.69) is 10.2 Å². The molecule has 74 valence electrons. The molecule has 1 heterocycles. The number of hydrogen-bond acceptors (Lipinski definition) is 4. The summed E-state index contributed by atoms with van der Waals surface area (Å²) in [7, 11) is 1.63. The quantitative estimate of drug-likeness (QED) is 0.762. The van der Waals surface area contributed by atoms with Gasteiger partial charge in [-0.15, -0.1) is 5.10 Å². The van der Waals surface area contributed by atoms with Crippen LogP contribution in [0.25, 0.3) is 5.57 Å². The summed E-state index contributed by atoms with van der Waals surface area (Å²) >= 11 is 4.80. The average molecular weight is 210 g/mol. The fraction of sp³-hybridized carbons (Fsp3) is 0.333. The van der Waals surface area contributed by atoms with Crippen LogP contribution >= 0.6 is 12.2 Å². The first-order valence-electron chi connectivity index (χ1n) is 4.32. The Balaban J connectivity index is 2.38. The topological polar surface area (TPSA) is 51.0 Å². The van der Waals surface area contributed by atoms with E-state index in [0.717, 1.165) is 24.2 Å². The second kappa shape index (κ2) is 3.79. The van der Waals surface area contributed by atoms with Crippen molar-refractivity contribution in [3.05, 3.63) is 28.6 Å². The molecule has 14 heavy (non-hydrogen) atoms. The molecule has 1 aliphatic rings. The van der Waals surface area contributed by atoms with Gasteiger partial charge in [-0.3, -0.25) is 0 Å². The number of rotatable bonds is 2. The molecule has 0 aliphatic heterocycles. The van der Waals surface area contributed by atoms with Gasteiger partial charge in [-0.05, 0) is 31.1 Å². The first-order valence-corrected chi connectivity index (χ1v) is 4.72. The monoisotopic (exact) mass is 210 g/mol. The van der Waals surface area contributed by atoms with Gasteiger partial charge < -0.3 is 9.15 Å². The number of nitrogens with one attached hydrogen (secondary N) is 1. The second-order valence-electron chi connectivity index (χ2n) is 2.89. The third-order valence-electron chi connectivity index (χ3n) is 2.00. The van der Waals surface area contributed by atoms with Crippen molar-refractivity contribution < 1.29 is 9.15 Å². The molecule has 0 amide bonds. The maximum Gasteiger partial charge on any atom is 0.284 e. The zero-order valence-corrected chi connectivity index (χ0v) is 8.56. The molecule has 0 atom stereocenters. The third-order valence-corrected chi connectivity index (χ3v) is 2.17. The molecule has 1 N–H and O–H groups in total. The normalized spacial score (nSPS) is 16.1. The van der Waals surface area contributed by atoms with Crippen LogP contribution in [0.3, 0.4) is 0 Å². The largest absolute Gasteiger partial charge is 0.496 e.